The van der Waals surface area contributed by atoms with Crippen molar-refractivity contribution in [2.75, 3.05) is 0 Å². The molecule has 0 fully saturated rings. The van der Waals surface area contributed by atoms with Gasteiger partial charge in [0.25, 0.3) is 10.1 Å². The number of carbonyl (C=O) groups excluding carboxylic acids is 2. The van der Waals surface area contributed by atoms with Crippen molar-refractivity contribution in [3.63, 3.8) is 0 Å². The molecule has 264 valence electrons. The van der Waals surface area contributed by atoms with Gasteiger partial charge in [-0.05, 0) is 6.42 Å². The van der Waals surface area contributed by atoms with Crippen molar-refractivity contribution < 1.29 is 121 Å². The number of carbonyl (C=O) groups is 2. The molecular formula is C36H69Na3O7S. The molecule has 0 aromatic carbocycles. The average molecular weight is 715 g/mol. The molecule has 0 bridgehead atoms. The Bertz CT molecular complexity index is 756. The molecule has 1 atom stereocenters. The molecule has 0 aromatic rings. The van der Waals surface area contributed by atoms with Gasteiger partial charge in [-0.15, -0.1) is 0 Å². The molecule has 0 saturated heterocycles. The Morgan fingerprint density at radius 2 is 0.787 bits per heavy atom. The van der Waals surface area contributed by atoms with Crippen LogP contribution in [0.15, 0.2) is 0 Å². The van der Waals surface area contributed by atoms with E-state index in [0.29, 0.717) is 6.42 Å². The van der Waals surface area contributed by atoms with Crippen LogP contribution in [0.4, 0.5) is 0 Å². The third-order valence-corrected chi connectivity index (χ3v) is 10.1. The SMILES string of the molecule is CCCCCCCCCCCCCCCCC(CC(=O)[O-])(C(=O)[O-])S(=O)(=O)O.[CH2-]CCCCCCCCCCCCCCC.[Na+].[Na+].[Na+]. The molecule has 0 saturated carbocycles. The van der Waals surface area contributed by atoms with E-state index in [9.17, 15) is 32.8 Å². The van der Waals surface area contributed by atoms with E-state index < -0.39 is 39.6 Å². The monoisotopic (exact) mass is 714 g/mol. The molecule has 1 unspecified atom stereocenters. The fourth-order valence-electron chi connectivity index (χ4n) is 5.62. The molecule has 0 rings (SSSR count). The van der Waals surface area contributed by atoms with Gasteiger partial charge in [-0.1, -0.05) is 187 Å². The maximum atomic E-state index is 11.4. The number of carboxylic acid groups (broad SMARTS) is 2. The Labute approximate surface area is 357 Å². The Balaban J connectivity index is -0.000000267. The molecule has 0 heterocycles. The summed E-state index contributed by atoms with van der Waals surface area (Å²) in [5, 5.41) is 22.0. The van der Waals surface area contributed by atoms with E-state index in [1.54, 1.807) is 0 Å². The minimum atomic E-state index is -5.12. The van der Waals surface area contributed by atoms with Gasteiger partial charge in [0.15, 0.2) is 0 Å². The summed E-state index contributed by atoms with van der Waals surface area (Å²) in [5.74, 6) is -3.96. The molecule has 7 nitrogen and oxygen atoms in total. The second-order valence-corrected chi connectivity index (χ2v) is 14.5. The standard InChI is InChI=1S/C20H38O7S.C16H33.3Na/c1-2-3-4-5-6-7-8-9-10-11-12-13-14-15-16-20(19(23)24,17-18(21)22)28(25,26)27;1-3-5-7-9-11-13-15-16-14-12-10-8-6-4-2;;;/h2-17H2,1H3,(H,21,22)(H,23,24)(H,25,26,27);1,3-16H2,2H3;;;/q;-1;3*+1/p-2. The molecule has 0 aliphatic heterocycles. The second kappa shape index (κ2) is 42.3. The van der Waals surface area contributed by atoms with E-state index in [1.165, 1.54) is 135 Å². The zero-order valence-electron chi connectivity index (χ0n) is 31.7. The van der Waals surface area contributed by atoms with Gasteiger partial charge in [0.05, 0.1) is 5.97 Å². The van der Waals surface area contributed by atoms with Crippen LogP contribution in [0.3, 0.4) is 0 Å². The first kappa shape index (κ1) is 58.2. The first-order valence-electron chi connectivity index (χ1n) is 18.3. The fraction of sp³-hybridized carbons (Fsp3) is 0.917. The van der Waals surface area contributed by atoms with Gasteiger partial charge < -0.3 is 26.7 Å². The van der Waals surface area contributed by atoms with Gasteiger partial charge in [-0.25, -0.2) is 0 Å². The summed E-state index contributed by atoms with van der Waals surface area (Å²) in [4.78, 5) is 22.0. The largest absolute Gasteiger partial charge is 1.00 e. The summed E-state index contributed by atoms with van der Waals surface area (Å²) in [7, 11) is -5.12. The van der Waals surface area contributed by atoms with Crippen LogP contribution < -0.4 is 98.9 Å². The normalized spacial score (nSPS) is 12.0. The quantitative estimate of drug-likeness (QED) is 0.0438. The maximum absolute atomic E-state index is 11.4. The molecule has 0 aromatic heterocycles. The van der Waals surface area contributed by atoms with Crippen LogP contribution >= 0.6 is 0 Å². The first-order chi connectivity index (χ1) is 21.1. The van der Waals surface area contributed by atoms with Gasteiger partial charge >= 0.3 is 88.7 Å². The number of hydrogen-bond donors (Lipinski definition) is 1. The summed E-state index contributed by atoms with van der Waals surface area (Å²) >= 11 is 0. The van der Waals surface area contributed by atoms with Crippen LogP contribution in [0.5, 0.6) is 0 Å². The van der Waals surface area contributed by atoms with Crippen molar-refractivity contribution in [3.05, 3.63) is 6.92 Å². The predicted octanol–water partition coefficient (Wildman–Crippen LogP) is -0.312. The first-order valence-corrected chi connectivity index (χ1v) is 19.7. The summed E-state index contributed by atoms with van der Waals surface area (Å²) in [6.45, 7) is 8.37. The topological polar surface area (TPSA) is 135 Å². The molecule has 47 heavy (non-hydrogen) atoms. The third-order valence-electron chi connectivity index (χ3n) is 8.58. The maximum Gasteiger partial charge on any atom is 1.00 e. The number of hydrogen-bond acceptors (Lipinski definition) is 6. The zero-order valence-corrected chi connectivity index (χ0v) is 38.5. The van der Waals surface area contributed by atoms with Crippen molar-refractivity contribution in [1.29, 1.82) is 0 Å². The zero-order chi connectivity index (χ0) is 33.4. The molecule has 0 radical (unpaired) electrons. The number of rotatable bonds is 32. The van der Waals surface area contributed by atoms with Crippen LogP contribution in [0, 0.1) is 6.92 Å². The summed E-state index contributed by atoms with van der Waals surface area (Å²) < 4.78 is 29.3. The molecule has 0 spiro atoms. The van der Waals surface area contributed by atoms with Gasteiger partial charge in [0, 0.05) is 12.4 Å². The molecule has 1 N–H and O–H groups in total. The second-order valence-electron chi connectivity index (χ2n) is 12.7. The Morgan fingerprint density at radius 3 is 1.00 bits per heavy atom. The summed E-state index contributed by atoms with van der Waals surface area (Å²) in [6.07, 6.45) is 33.0. The number of aliphatic carboxylic acids is 2. The smallest absolute Gasteiger partial charge is 0.550 e. The third kappa shape index (κ3) is 37.4. The molecule has 11 heteroatoms. The Kier molecular flexibility index (Phi) is 52.3. The van der Waals surface area contributed by atoms with Crippen LogP contribution in [-0.4, -0.2) is 29.7 Å². The van der Waals surface area contributed by atoms with E-state index in [1.807, 2.05) is 0 Å². The van der Waals surface area contributed by atoms with E-state index in [0.717, 1.165) is 32.1 Å². The Morgan fingerprint density at radius 1 is 0.532 bits per heavy atom. The average Bonchev–Trinajstić information content (AvgIpc) is 2.96. The number of unbranched alkanes of at least 4 members (excludes halogenated alkanes) is 26. The van der Waals surface area contributed by atoms with E-state index in [2.05, 4.69) is 20.8 Å². The molecule has 0 amide bonds. The Hall–Kier alpha value is 1.85. The molecule has 0 aliphatic rings. The fourth-order valence-corrected chi connectivity index (χ4v) is 6.53. The van der Waals surface area contributed by atoms with Crippen molar-refractivity contribution in [1.82, 2.24) is 0 Å². The summed E-state index contributed by atoms with van der Waals surface area (Å²) in [5.41, 5.74) is 0. The minimum Gasteiger partial charge on any atom is -0.550 e. The van der Waals surface area contributed by atoms with E-state index in [-0.39, 0.29) is 95.1 Å². The van der Waals surface area contributed by atoms with Crippen LogP contribution in [0.1, 0.15) is 206 Å². The minimum absolute atomic E-state index is 0. The molecule has 0 aliphatic carbocycles. The van der Waals surface area contributed by atoms with Crippen molar-refractivity contribution in [2.24, 2.45) is 0 Å². The van der Waals surface area contributed by atoms with Crippen molar-refractivity contribution in [2.45, 2.75) is 211 Å². The van der Waals surface area contributed by atoms with Crippen molar-refractivity contribution in [3.8, 4) is 0 Å². The van der Waals surface area contributed by atoms with Gasteiger partial charge in [0.2, 0.25) is 0 Å². The van der Waals surface area contributed by atoms with Crippen LogP contribution in [-0.2, 0) is 19.7 Å². The van der Waals surface area contributed by atoms with Crippen LogP contribution in [0.25, 0.3) is 0 Å². The van der Waals surface area contributed by atoms with Crippen LogP contribution in [0.2, 0.25) is 0 Å². The summed E-state index contributed by atoms with van der Waals surface area (Å²) in [6, 6.07) is 0. The van der Waals surface area contributed by atoms with Gasteiger partial charge in [0.1, 0.15) is 4.75 Å². The predicted molar refractivity (Wildman–Crippen MR) is 180 cm³/mol. The molecular weight excluding hydrogens is 645 g/mol. The number of carboxylic acids is 2. The van der Waals surface area contributed by atoms with Crippen molar-refractivity contribution >= 4 is 22.1 Å². The van der Waals surface area contributed by atoms with E-state index in [4.69, 9.17) is 0 Å². The van der Waals surface area contributed by atoms with E-state index >= 15 is 0 Å². The van der Waals surface area contributed by atoms with Gasteiger partial charge in [-0.2, -0.15) is 14.8 Å². The van der Waals surface area contributed by atoms with Gasteiger partial charge in [-0.3, -0.25) is 4.55 Å².